The normalized spacial score (nSPS) is 11.0. The third-order valence-electron chi connectivity index (χ3n) is 5.96. The maximum Gasteiger partial charge on any atom is 0.234 e. The summed E-state index contributed by atoms with van der Waals surface area (Å²) in [6, 6.07) is 22.7. The summed E-state index contributed by atoms with van der Waals surface area (Å²) in [6.07, 6.45) is 3.58. The van der Waals surface area contributed by atoms with E-state index < -0.39 is 0 Å². The van der Waals surface area contributed by atoms with Crippen LogP contribution in [0.3, 0.4) is 0 Å². The van der Waals surface area contributed by atoms with Gasteiger partial charge in [0.05, 0.1) is 22.7 Å². The van der Waals surface area contributed by atoms with E-state index in [4.69, 9.17) is 9.97 Å². The summed E-state index contributed by atoms with van der Waals surface area (Å²) >= 11 is 0. The zero-order valence-corrected chi connectivity index (χ0v) is 19.1. The third kappa shape index (κ3) is 3.44. The van der Waals surface area contributed by atoms with Crippen molar-refractivity contribution in [1.82, 2.24) is 14.5 Å². The highest BCUT2D eigenvalue weighted by Crippen LogP contribution is 2.35. The fourth-order valence-electron chi connectivity index (χ4n) is 4.18. The molecule has 6 heteroatoms. The summed E-state index contributed by atoms with van der Waals surface area (Å²) in [5, 5.41) is 11.8. The number of hydrogen-bond donors (Lipinski definition) is 0. The first kappa shape index (κ1) is 20.5. The highest BCUT2D eigenvalue weighted by molar-refractivity contribution is 6.11. The van der Waals surface area contributed by atoms with E-state index in [1.807, 2.05) is 46.4 Å². The van der Waals surface area contributed by atoms with Crippen LogP contribution < -0.4 is 9.80 Å². The molecule has 2 heterocycles. The summed E-state index contributed by atoms with van der Waals surface area (Å²) < 4.78 is 2.10. The molecule has 0 N–H and O–H groups in total. The van der Waals surface area contributed by atoms with Crippen LogP contribution in [-0.2, 0) is 0 Å². The van der Waals surface area contributed by atoms with Gasteiger partial charge in [0.1, 0.15) is 0 Å². The van der Waals surface area contributed by atoms with Crippen LogP contribution in [-0.4, -0.2) is 42.7 Å². The fraction of sp³-hybridized carbons (Fsp3) is 0.148. The molecule has 0 spiro atoms. The number of nitrogens with zero attached hydrogens (tertiary/aromatic N) is 6. The molecule has 0 aliphatic heterocycles. The molecule has 0 aliphatic carbocycles. The summed E-state index contributed by atoms with van der Waals surface area (Å²) in [5.41, 5.74) is 6.65. The highest BCUT2D eigenvalue weighted by atomic mass is 15.2. The standard InChI is InChI=1S/C27H24N6/c1-31(2)20-9-11-25-23(13-20)24-14-21(32(3)4)10-12-26(24)33(25)27-29-16-19(17-30-27)22-8-6-5-7-18(22)15-28/h5-14,16-17H,1-4H3. The number of aromatic nitrogens is 3. The number of benzene rings is 3. The van der Waals surface area contributed by atoms with Crippen LogP contribution in [0, 0.1) is 11.3 Å². The van der Waals surface area contributed by atoms with E-state index in [1.165, 1.54) is 0 Å². The van der Waals surface area contributed by atoms with Crippen LogP contribution in [0.1, 0.15) is 5.56 Å². The van der Waals surface area contributed by atoms with Crippen molar-refractivity contribution in [2.75, 3.05) is 38.0 Å². The van der Waals surface area contributed by atoms with Gasteiger partial charge in [-0.1, -0.05) is 18.2 Å². The molecule has 0 saturated heterocycles. The van der Waals surface area contributed by atoms with Crippen LogP contribution in [0.15, 0.2) is 73.1 Å². The van der Waals surface area contributed by atoms with Crippen molar-refractivity contribution >= 4 is 33.2 Å². The molecular weight excluding hydrogens is 408 g/mol. The second-order valence-corrected chi connectivity index (χ2v) is 8.46. The van der Waals surface area contributed by atoms with Crippen molar-refractivity contribution in [3.05, 3.63) is 78.6 Å². The van der Waals surface area contributed by atoms with E-state index in [9.17, 15) is 5.26 Å². The second kappa shape index (κ2) is 7.95. The zero-order valence-electron chi connectivity index (χ0n) is 19.1. The van der Waals surface area contributed by atoms with Gasteiger partial charge < -0.3 is 9.80 Å². The van der Waals surface area contributed by atoms with E-state index in [0.29, 0.717) is 11.5 Å². The molecule has 0 amide bonds. The van der Waals surface area contributed by atoms with E-state index in [1.54, 1.807) is 18.5 Å². The van der Waals surface area contributed by atoms with Gasteiger partial charge in [0, 0.05) is 73.9 Å². The molecule has 3 aromatic carbocycles. The van der Waals surface area contributed by atoms with Crippen LogP contribution in [0.2, 0.25) is 0 Å². The first-order chi connectivity index (χ1) is 16.0. The zero-order chi connectivity index (χ0) is 23.1. The van der Waals surface area contributed by atoms with Crippen molar-refractivity contribution in [3.8, 4) is 23.1 Å². The Bertz CT molecular complexity index is 1460. The Hall–Kier alpha value is -4.37. The van der Waals surface area contributed by atoms with Gasteiger partial charge in [0.15, 0.2) is 0 Å². The fourth-order valence-corrected chi connectivity index (χ4v) is 4.18. The smallest absolute Gasteiger partial charge is 0.234 e. The third-order valence-corrected chi connectivity index (χ3v) is 5.96. The Morgan fingerprint density at radius 1 is 0.758 bits per heavy atom. The van der Waals surface area contributed by atoms with Crippen molar-refractivity contribution in [2.24, 2.45) is 0 Å². The van der Waals surface area contributed by atoms with Crippen molar-refractivity contribution in [2.45, 2.75) is 0 Å². The maximum atomic E-state index is 9.44. The van der Waals surface area contributed by atoms with Gasteiger partial charge in [-0.2, -0.15) is 5.26 Å². The predicted molar refractivity (Wildman–Crippen MR) is 135 cm³/mol. The first-order valence-electron chi connectivity index (χ1n) is 10.7. The molecule has 0 atom stereocenters. The Labute approximate surface area is 193 Å². The minimum Gasteiger partial charge on any atom is -0.378 e. The van der Waals surface area contributed by atoms with E-state index in [-0.39, 0.29) is 0 Å². The average Bonchev–Trinajstić information content (AvgIpc) is 3.17. The molecule has 0 unspecified atom stereocenters. The molecule has 5 aromatic rings. The second-order valence-electron chi connectivity index (χ2n) is 8.46. The number of rotatable bonds is 4. The van der Waals surface area contributed by atoms with Gasteiger partial charge in [-0.05, 0) is 42.5 Å². The number of nitriles is 1. The van der Waals surface area contributed by atoms with Crippen LogP contribution >= 0.6 is 0 Å². The molecule has 6 nitrogen and oxygen atoms in total. The molecule has 0 aliphatic rings. The summed E-state index contributed by atoms with van der Waals surface area (Å²) in [6.45, 7) is 0. The van der Waals surface area contributed by atoms with Gasteiger partial charge in [-0.15, -0.1) is 0 Å². The Balaban J connectivity index is 1.72. The summed E-state index contributed by atoms with van der Waals surface area (Å²) in [7, 11) is 8.19. The van der Waals surface area contributed by atoms with Gasteiger partial charge >= 0.3 is 0 Å². The predicted octanol–water partition coefficient (Wildman–Crippen LogP) is 5.24. The summed E-state index contributed by atoms with van der Waals surface area (Å²) in [4.78, 5) is 13.6. The van der Waals surface area contributed by atoms with Crippen molar-refractivity contribution in [3.63, 3.8) is 0 Å². The lowest BCUT2D eigenvalue weighted by molar-refractivity contribution is 0.989. The molecular formula is C27H24N6. The number of hydrogen-bond acceptors (Lipinski definition) is 5. The Kier molecular flexibility index (Phi) is 4.95. The molecule has 33 heavy (non-hydrogen) atoms. The largest absolute Gasteiger partial charge is 0.378 e. The van der Waals surface area contributed by atoms with Gasteiger partial charge in [-0.3, -0.25) is 4.57 Å². The van der Waals surface area contributed by atoms with Crippen LogP contribution in [0.5, 0.6) is 0 Å². The lowest BCUT2D eigenvalue weighted by Gasteiger charge is -2.13. The topological polar surface area (TPSA) is 61.0 Å². The highest BCUT2D eigenvalue weighted by Gasteiger charge is 2.16. The monoisotopic (exact) mass is 432 g/mol. The maximum absolute atomic E-state index is 9.44. The molecule has 0 bridgehead atoms. The Morgan fingerprint density at radius 3 is 1.82 bits per heavy atom. The molecule has 0 radical (unpaired) electrons. The van der Waals surface area contributed by atoms with E-state index >= 15 is 0 Å². The molecule has 162 valence electrons. The Morgan fingerprint density at radius 2 is 1.30 bits per heavy atom. The van der Waals surface area contributed by atoms with Crippen molar-refractivity contribution < 1.29 is 0 Å². The molecule has 0 fully saturated rings. The van der Waals surface area contributed by atoms with Crippen LogP contribution in [0.25, 0.3) is 38.9 Å². The molecule has 5 rings (SSSR count). The molecule has 0 saturated carbocycles. The number of anilines is 2. The lowest BCUT2D eigenvalue weighted by atomic mass is 10.0. The van der Waals surface area contributed by atoms with E-state index in [2.05, 4.69) is 56.8 Å². The minimum absolute atomic E-state index is 0.600. The molecule has 2 aromatic heterocycles. The lowest BCUT2D eigenvalue weighted by Crippen LogP contribution is -2.08. The SMILES string of the molecule is CN(C)c1ccc2c(c1)c1cc(N(C)C)ccc1n2-c1ncc(-c2ccccc2C#N)cn1. The van der Waals surface area contributed by atoms with Gasteiger partial charge in [-0.25, -0.2) is 9.97 Å². The van der Waals surface area contributed by atoms with Crippen molar-refractivity contribution in [1.29, 1.82) is 5.26 Å². The van der Waals surface area contributed by atoms with E-state index in [0.717, 1.165) is 44.3 Å². The van der Waals surface area contributed by atoms with Gasteiger partial charge in [0.2, 0.25) is 5.95 Å². The number of fused-ring (bicyclic) bond motifs is 3. The first-order valence-corrected chi connectivity index (χ1v) is 10.7. The summed E-state index contributed by atoms with van der Waals surface area (Å²) in [5.74, 6) is 0.600. The van der Waals surface area contributed by atoms with Gasteiger partial charge in [0.25, 0.3) is 0 Å². The van der Waals surface area contributed by atoms with Crippen LogP contribution in [0.4, 0.5) is 11.4 Å². The quantitative estimate of drug-likeness (QED) is 0.388. The minimum atomic E-state index is 0.600. The average molecular weight is 433 g/mol.